The molecule has 7 nitrogen and oxygen atoms in total. The van der Waals surface area contributed by atoms with Crippen molar-refractivity contribution in [2.45, 2.75) is 13.8 Å². The van der Waals surface area contributed by atoms with Crippen molar-refractivity contribution in [2.24, 2.45) is 0 Å². The Hall–Kier alpha value is -4.00. The summed E-state index contributed by atoms with van der Waals surface area (Å²) in [5.41, 5.74) is 2.85. The zero-order chi connectivity index (χ0) is 21.6. The van der Waals surface area contributed by atoms with Crippen molar-refractivity contribution in [1.82, 2.24) is 24.8 Å². The number of imidazole rings is 1. The Morgan fingerprint density at radius 2 is 1.68 bits per heavy atom. The first kappa shape index (κ1) is 20.3. The fourth-order valence-electron chi connectivity index (χ4n) is 3.30. The lowest BCUT2D eigenvalue weighted by atomic mass is 10.0. The molecule has 156 valence electrons. The van der Waals surface area contributed by atoms with Gasteiger partial charge in [-0.25, -0.2) is 15.0 Å². The van der Waals surface area contributed by atoms with Gasteiger partial charge in [0.25, 0.3) is 5.91 Å². The highest BCUT2D eigenvalue weighted by Gasteiger charge is 2.08. The van der Waals surface area contributed by atoms with Crippen LogP contribution >= 0.6 is 0 Å². The fraction of sp³-hybridized carbons (Fsp3) is 0.167. The topological polar surface area (TPSA) is 84.7 Å². The molecule has 0 radical (unpaired) electrons. The Labute approximate surface area is 181 Å². The van der Waals surface area contributed by atoms with Crippen LogP contribution in [0.4, 0.5) is 5.82 Å². The van der Waals surface area contributed by atoms with E-state index in [2.05, 4.69) is 37.7 Å². The molecule has 0 spiro atoms. The van der Waals surface area contributed by atoms with Gasteiger partial charge < -0.3 is 10.6 Å². The molecular formula is C24H24N6O. The van der Waals surface area contributed by atoms with Crippen LogP contribution in [-0.2, 0) is 0 Å². The third kappa shape index (κ3) is 4.95. The van der Waals surface area contributed by atoms with Crippen molar-refractivity contribution in [3.05, 3.63) is 90.3 Å². The summed E-state index contributed by atoms with van der Waals surface area (Å²) < 4.78 is 1.90. The molecule has 0 aliphatic rings. The highest BCUT2D eigenvalue weighted by molar-refractivity contribution is 5.94. The first-order chi connectivity index (χ1) is 15.1. The van der Waals surface area contributed by atoms with E-state index in [4.69, 9.17) is 0 Å². The van der Waals surface area contributed by atoms with Gasteiger partial charge in [0.05, 0.1) is 0 Å². The van der Waals surface area contributed by atoms with Crippen LogP contribution in [0.1, 0.15) is 22.0 Å². The lowest BCUT2D eigenvalue weighted by Crippen LogP contribution is -2.28. The van der Waals surface area contributed by atoms with Crippen LogP contribution in [-0.4, -0.2) is 38.5 Å². The lowest BCUT2D eigenvalue weighted by molar-refractivity contribution is 0.0955. The second-order valence-corrected chi connectivity index (χ2v) is 7.13. The smallest absolute Gasteiger partial charge is 0.251 e. The number of anilines is 1. The molecule has 4 aromatic rings. The van der Waals surface area contributed by atoms with Crippen LogP contribution < -0.4 is 10.6 Å². The third-order valence-electron chi connectivity index (χ3n) is 4.87. The Morgan fingerprint density at radius 1 is 0.935 bits per heavy atom. The number of amides is 1. The first-order valence-electron chi connectivity index (χ1n) is 10.1. The highest BCUT2D eigenvalue weighted by atomic mass is 16.1. The number of rotatable bonds is 7. The maximum absolute atomic E-state index is 12.4. The Morgan fingerprint density at radius 3 is 2.39 bits per heavy atom. The van der Waals surface area contributed by atoms with E-state index in [-0.39, 0.29) is 5.91 Å². The number of hydrogen-bond acceptors (Lipinski definition) is 5. The molecule has 0 atom stereocenters. The first-order valence-corrected chi connectivity index (χ1v) is 10.1. The molecule has 2 N–H and O–H groups in total. The maximum Gasteiger partial charge on any atom is 0.251 e. The minimum atomic E-state index is -0.102. The zero-order valence-corrected chi connectivity index (χ0v) is 17.5. The number of aryl methyl sites for hydroxylation is 2. The van der Waals surface area contributed by atoms with Gasteiger partial charge in [0.15, 0.2) is 0 Å². The largest absolute Gasteiger partial charge is 0.368 e. The van der Waals surface area contributed by atoms with Gasteiger partial charge in [-0.3, -0.25) is 9.36 Å². The minimum absolute atomic E-state index is 0.102. The zero-order valence-electron chi connectivity index (χ0n) is 17.5. The summed E-state index contributed by atoms with van der Waals surface area (Å²) >= 11 is 0. The number of hydrogen-bond donors (Lipinski definition) is 2. The Bertz CT molecular complexity index is 1170. The van der Waals surface area contributed by atoms with Gasteiger partial charge in [-0.15, -0.1) is 0 Å². The minimum Gasteiger partial charge on any atom is -0.368 e. The normalized spacial score (nSPS) is 10.6. The van der Waals surface area contributed by atoms with E-state index < -0.39 is 0 Å². The van der Waals surface area contributed by atoms with Gasteiger partial charge in [0, 0.05) is 37.1 Å². The van der Waals surface area contributed by atoms with Crippen LogP contribution in [0, 0.1) is 13.8 Å². The number of nitrogens with zero attached hydrogens (tertiary/aromatic N) is 4. The van der Waals surface area contributed by atoms with Crippen LogP contribution in [0.3, 0.4) is 0 Å². The van der Waals surface area contributed by atoms with E-state index >= 15 is 0 Å². The summed E-state index contributed by atoms with van der Waals surface area (Å²) in [7, 11) is 0. The van der Waals surface area contributed by atoms with E-state index in [1.54, 1.807) is 6.20 Å². The van der Waals surface area contributed by atoms with Crippen LogP contribution in [0.5, 0.6) is 0 Å². The van der Waals surface area contributed by atoms with Gasteiger partial charge >= 0.3 is 0 Å². The Balaban J connectivity index is 1.31. The van der Waals surface area contributed by atoms with Crippen LogP contribution in [0.15, 0.2) is 73.1 Å². The molecule has 0 fully saturated rings. The van der Waals surface area contributed by atoms with Crippen molar-refractivity contribution in [2.75, 3.05) is 18.4 Å². The van der Waals surface area contributed by atoms with Gasteiger partial charge in [0.1, 0.15) is 23.3 Å². The van der Waals surface area contributed by atoms with Gasteiger partial charge in [-0.05, 0) is 37.1 Å². The summed E-state index contributed by atoms with van der Waals surface area (Å²) in [4.78, 5) is 25.5. The summed E-state index contributed by atoms with van der Waals surface area (Å²) in [5.74, 6) is 2.88. The molecule has 0 bridgehead atoms. The van der Waals surface area contributed by atoms with E-state index in [0.29, 0.717) is 30.3 Å². The van der Waals surface area contributed by atoms with Gasteiger partial charge in [0.2, 0.25) is 0 Å². The summed E-state index contributed by atoms with van der Waals surface area (Å²) in [6, 6.07) is 19.6. The van der Waals surface area contributed by atoms with E-state index in [0.717, 1.165) is 22.8 Å². The van der Waals surface area contributed by atoms with Crippen molar-refractivity contribution < 1.29 is 4.79 Å². The number of benzene rings is 2. The second kappa shape index (κ2) is 9.21. The van der Waals surface area contributed by atoms with Crippen LogP contribution in [0.2, 0.25) is 0 Å². The predicted molar refractivity (Wildman–Crippen MR) is 121 cm³/mol. The average Bonchev–Trinajstić information content (AvgIpc) is 3.23. The molecule has 7 heteroatoms. The SMILES string of the molecule is Cc1nc(NCCNC(=O)c2ccc(-c3ccccc3)cc2)cc(-n2ccnc2C)n1. The molecule has 0 unspecified atom stereocenters. The molecule has 2 heterocycles. The maximum atomic E-state index is 12.4. The van der Waals surface area contributed by atoms with Crippen LogP contribution in [0.25, 0.3) is 16.9 Å². The fourth-order valence-corrected chi connectivity index (χ4v) is 3.30. The second-order valence-electron chi connectivity index (χ2n) is 7.13. The number of carbonyl (C=O) groups excluding carboxylic acids is 1. The quantitative estimate of drug-likeness (QED) is 0.451. The molecule has 0 aliphatic heterocycles. The van der Waals surface area contributed by atoms with Gasteiger partial charge in [-0.2, -0.15) is 0 Å². The summed E-state index contributed by atoms with van der Waals surface area (Å²) in [6.45, 7) is 4.79. The lowest BCUT2D eigenvalue weighted by Gasteiger charge is -2.11. The molecule has 31 heavy (non-hydrogen) atoms. The van der Waals surface area contributed by atoms with E-state index in [1.807, 2.05) is 73.1 Å². The molecule has 0 saturated heterocycles. The number of carbonyl (C=O) groups is 1. The van der Waals surface area contributed by atoms with E-state index in [1.165, 1.54) is 0 Å². The van der Waals surface area contributed by atoms with Crippen molar-refractivity contribution in [1.29, 1.82) is 0 Å². The molecular weight excluding hydrogens is 388 g/mol. The molecule has 0 aliphatic carbocycles. The molecule has 4 rings (SSSR count). The molecule has 1 amide bonds. The third-order valence-corrected chi connectivity index (χ3v) is 4.87. The summed E-state index contributed by atoms with van der Waals surface area (Å²) in [5, 5.41) is 6.18. The van der Waals surface area contributed by atoms with Crippen molar-refractivity contribution >= 4 is 11.7 Å². The van der Waals surface area contributed by atoms with Crippen molar-refractivity contribution in [3.63, 3.8) is 0 Å². The van der Waals surface area contributed by atoms with E-state index in [9.17, 15) is 4.79 Å². The molecule has 2 aromatic heterocycles. The highest BCUT2D eigenvalue weighted by Crippen LogP contribution is 2.19. The average molecular weight is 412 g/mol. The predicted octanol–water partition coefficient (Wildman–Crippen LogP) is 3.79. The monoisotopic (exact) mass is 412 g/mol. The van der Waals surface area contributed by atoms with Crippen molar-refractivity contribution in [3.8, 4) is 16.9 Å². The Kier molecular flexibility index (Phi) is 6.03. The standard InChI is InChI=1S/C24H24N6O/c1-17-28-22(16-23(29-17)30-15-14-25-18(30)2)26-12-13-27-24(31)21-10-8-20(9-11-21)19-6-4-3-5-7-19/h3-11,14-16H,12-13H2,1-2H3,(H,27,31)(H,26,28,29). The summed E-state index contributed by atoms with van der Waals surface area (Å²) in [6.07, 6.45) is 3.60. The molecule has 0 saturated carbocycles. The number of nitrogens with one attached hydrogen (secondary N) is 2. The van der Waals surface area contributed by atoms with Gasteiger partial charge in [-0.1, -0.05) is 42.5 Å². The molecule has 2 aromatic carbocycles. The number of aromatic nitrogens is 4.